The van der Waals surface area contributed by atoms with Gasteiger partial charge < -0.3 is 14.6 Å². The van der Waals surface area contributed by atoms with Crippen LogP contribution in [0.4, 0.5) is 5.95 Å². The van der Waals surface area contributed by atoms with Crippen molar-refractivity contribution in [1.29, 1.82) is 0 Å². The minimum atomic E-state index is -0.991. The lowest BCUT2D eigenvalue weighted by atomic mass is 10.2. The van der Waals surface area contributed by atoms with Gasteiger partial charge in [-0.25, -0.2) is 14.8 Å². The number of carbonyl (C=O) groups is 1. The lowest BCUT2D eigenvalue weighted by Crippen LogP contribution is -2.28. The molecule has 0 saturated carbocycles. The minimum absolute atomic E-state index is 0.180. The molecular weight excluding hydrogens is 358 g/mol. The SMILES string of the molecule is CC(C)c1nnc2n1CCN(c1nccc(-c3cc(C(=O)O)ccn3)n1)CC2. The number of rotatable bonds is 4. The van der Waals surface area contributed by atoms with Gasteiger partial charge in [-0.3, -0.25) is 4.98 Å². The second-order valence-corrected chi connectivity index (χ2v) is 6.99. The predicted octanol–water partition coefficient (Wildman–Crippen LogP) is 2.01. The topological polar surface area (TPSA) is 110 Å². The Morgan fingerprint density at radius 3 is 2.68 bits per heavy atom. The zero-order valence-electron chi connectivity index (χ0n) is 15.8. The number of nitrogens with zero attached hydrogens (tertiary/aromatic N) is 7. The smallest absolute Gasteiger partial charge is 0.335 e. The average Bonchev–Trinajstić information content (AvgIpc) is 3.00. The summed E-state index contributed by atoms with van der Waals surface area (Å²) in [5.41, 5.74) is 1.29. The van der Waals surface area contributed by atoms with Crippen molar-refractivity contribution in [3.05, 3.63) is 47.8 Å². The van der Waals surface area contributed by atoms with Crippen molar-refractivity contribution >= 4 is 11.9 Å². The molecule has 1 aliphatic heterocycles. The molecule has 0 bridgehead atoms. The van der Waals surface area contributed by atoms with E-state index >= 15 is 0 Å². The van der Waals surface area contributed by atoms with E-state index in [1.165, 1.54) is 18.3 Å². The zero-order valence-corrected chi connectivity index (χ0v) is 15.8. The van der Waals surface area contributed by atoms with Gasteiger partial charge in [0.25, 0.3) is 0 Å². The van der Waals surface area contributed by atoms with Gasteiger partial charge in [0.15, 0.2) is 0 Å². The highest BCUT2D eigenvalue weighted by Gasteiger charge is 2.21. The largest absolute Gasteiger partial charge is 0.478 e. The molecule has 1 N–H and O–H groups in total. The third-order valence-electron chi connectivity index (χ3n) is 4.77. The Hall–Kier alpha value is -3.36. The lowest BCUT2D eigenvalue weighted by Gasteiger charge is -2.20. The first kappa shape index (κ1) is 18.0. The molecular formula is C19H21N7O2. The Labute approximate surface area is 162 Å². The van der Waals surface area contributed by atoms with Crippen LogP contribution in [0.5, 0.6) is 0 Å². The second kappa shape index (κ2) is 7.34. The summed E-state index contributed by atoms with van der Waals surface area (Å²) in [6.45, 7) is 6.49. The maximum absolute atomic E-state index is 11.2. The molecule has 0 saturated heterocycles. The molecule has 0 amide bonds. The summed E-state index contributed by atoms with van der Waals surface area (Å²) in [5, 5.41) is 17.8. The van der Waals surface area contributed by atoms with Crippen LogP contribution in [0.25, 0.3) is 11.4 Å². The van der Waals surface area contributed by atoms with Gasteiger partial charge in [0.1, 0.15) is 11.6 Å². The van der Waals surface area contributed by atoms with Crippen molar-refractivity contribution in [3.63, 3.8) is 0 Å². The molecule has 1 aliphatic rings. The van der Waals surface area contributed by atoms with E-state index in [2.05, 4.69) is 48.5 Å². The Balaban J connectivity index is 1.58. The number of aromatic nitrogens is 6. The number of hydrogen-bond acceptors (Lipinski definition) is 7. The van der Waals surface area contributed by atoms with Gasteiger partial charge in [-0.05, 0) is 18.2 Å². The lowest BCUT2D eigenvalue weighted by molar-refractivity contribution is 0.0697. The van der Waals surface area contributed by atoms with Gasteiger partial charge in [-0.15, -0.1) is 10.2 Å². The summed E-state index contributed by atoms with van der Waals surface area (Å²) in [5.74, 6) is 1.92. The third-order valence-corrected chi connectivity index (χ3v) is 4.77. The Morgan fingerprint density at radius 2 is 1.89 bits per heavy atom. The maximum atomic E-state index is 11.2. The van der Waals surface area contributed by atoms with Crippen molar-refractivity contribution in [3.8, 4) is 11.4 Å². The summed E-state index contributed by atoms with van der Waals surface area (Å²) in [4.78, 5) is 26.6. The maximum Gasteiger partial charge on any atom is 0.335 e. The Morgan fingerprint density at radius 1 is 1.07 bits per heavy atom. The molecule has 3 aromatic heterocycles. The van der Waals surface area contributed by atoms with Crippen LogP contribution >= 0.6 is 0 Å². The first-order chi connectivity index (χ1) is 13.5. The fraction of sp³-hybridized carbons (Fsp3) is 0.368. The summed E-state index contributed by atoms with van der Waals surface area (Å²) in [7, 11) is 0. The molecule has 4 rings (SSSR count). The standard InChI is InChI=1S/C19H21N7O2/c1-12(2)17-24-23-16-5-8-25(9-10-26(16)17)19-21-7-4-14(22-19)15-11-13(18(27)28)3-6-20-15/h3-4,6-7,11-12H,5,8-10H2,1-2H3,(H,27,28). The fourth-order valence-electron chi connectivity index (χ4n) is 3.32. The van der Waals surface area contributed by atoms with Gasteiger partial charge in [-0.2, -0.15) is 0 Å². The quantitative estimate of drug-likeness (QED) is 0.733. The molecule has 0 unspecified atom stereocenters. The number of carboxylic acid groups (broad SMARTS) is 1. The zero-order chi connectivity index (χ0) is 19.7. The fourth-order valence-corrected chi connectivity index (χ4v) is 3.32. The molecule has 28 heavy (non-hydrogen) atoms. The van der Waals surface area contributed by atoms with E-state index in [0.29, 0.717) is 23.3 Å². The highest BCUT2D eigenvalue weighted by Crippen LogP contribution is 2.21. The van der Waals surface area contributed by atoms with Crippen LogP contribution in [0.15, 0.2) is 30.6 Å². The van der Waals surface area contributed by atoms with Crippen molar-refractivity contribution in [1.82, 2.24) is 29.7 Å². The van der Waals surface area contributed by atoms with Crippen LogP contribution in [0, 0.1) is 0 Å². The summed E-state index contributed by atoms with van der Waals surface area (Å²) >= 11 is 0. The normalized spacial score (nSPS) is 14.0. The molecule has 0 aliphatic carbocycles. The molecule has 9 heteroatoms. The Kier molecular flexibility index (Phi) is 4.72. The molecule has 0 aromatic carbocycles. The molecule has 0 spiro atoms. The summed E-state index contributed by atoms with van der Waals surface area (Å²) < 4.78 is 2.19. The number of hydrogen-bond donors (Lipinski definition) is 1. The molecule has 0 fully saturated rings. The molecule has 144 valence electrons. The number of pyridine rings is 1. The summed E-state index contributed by atoms with van der Waals surface area (Å²) in [6.07, 6.45) is 3.92. The molecule has 0 radical (unpaired) electrons. The monoisotopic (exact) mass is 379 g/mol. The first-order valence-electron chi connectivity index (χ1n) is 9.22. The predicted molar refractivity (Wildman–Crippen MR) is 102 cm³/mol. The number of anilines is 1. The van der Waals surface area contributed by atoms with Crippen LogP contribution in [-0.4, -0.2) is 53.9 Å². The number of aromatic carboxylic acids is 1. The molecule has 3 aromatic rings. The van der Waals surface area contributed by atoms with Crippen LogP contribution in [0.1, 0.15) is 41.8 Å². The van der Waals surface area contributed by atoms with Crippen LogP contribution in [-0.2, 0) is 13.0 Å². The highest BCUT2D eigenvalue weighted by atomic mass is 16.4. The highest BCUT2D eigenvalue weighted by molar-refractivity contribution is 5.88. The van der Waals surface area contributed by atoms with E-state index in [1.807, 2.05) is 0 Å². The van der Waals surface area contributed by atoms with E-state index < -0.39 is 5.97 Å². The van der Waals surface area contributed by atoms with Crippen LogP contribution in [0.3, 0.4) is 0 Å². The molecule has 9 nitrogen and oxygen atoms in total. The van der Waals surface area contributed by atoms with Crippen molar-refractivity contribution in [2.75, 3.05) is 18.0 Å². The molecule has 0 atom stereocenters. The van der Waals surface area contributed by atoms with Gasteiger partial charge >= 0.3 is 5.97 Å². The van der Waals surface area contributed by atoms with E-state index in [4.69, 9.17) is 0 Å². The summed E-state index contributed by atoms with van der Waals surface area (Å²) in [6, 6.07) is 4.72. The second-order valence-electron chi connectivity index (χ2n) is 6.99. The van der Waals surface area contributed by atoms with Gasteiger partial charge in [0, 0.05) is 44.4 Å². The average molecular weight is 379 g/mol. The van der Waals surface area contributed by atoms with E-state index in [0.717, 1.165) is 37.7 Å². The van der Waals surface area contributed by atoms with E-state index in [-0.39, 0.29) is 5.56 Å². The van der Waals surface area contributed by atoms with Gasteiger partial charge in [-0.1, -0.05) is 13.8 Å². The molecule has 4 heterocycles. The Bertz CT molecular complexity index is 1020. The van der Waals surface area contributed by atoms with Crippen molar-refractivity contribution in [2.24, 2.45) is 0 Å². The van der Waals surface area contributed by atoms with Crippen LogP contribution < -0.4 is 4.90 Å². The van der Waals surface area contributed by atoms with Crippen molar-refractivity contribution < 1.29 is 9.90 Å². The number of carboxylic acids is 1. The van der Waals surface area contributed by atoms with E-state index in [1.54, 1.807) is 12.3 Å². The first-order valence-corrected chi connectivity index (χ1v) is 9.22. The van der Waals surface area contributed by atoms with Gasteiger partial charge in [0.05, 0.1) is 17.0 Å². The van der Waals surface area contributed by atoms with E-state index in [9.17, 15) is 9.90 Å². The van der Waals surface area contributed by atoms with Gasteiger partial charge in [0.2, 0.25) is 5.95 Å². The van der Waals surface area contributed by atoms with Crippen molar-refractivity contribution in [2.45, 2.75) is 32.7 Å². The minimum Gasteiger partial charge on any atom is -0.478 e. The number of fused-ring (bicyclic) bond motifs is 1. The van der Waals surface area contributed by atoms with Crippen LogP contribution in [0.2, 0.25) is 0 Å². The third kappa shape index (κ3) is 3.42.